The quantitative estimate of drug-likeness (QED) is 0.801. The number of nitrogens with two attached hydrogens (primary N) is 1. The Kier molecular flexibility index (Phi) is 3.98. The maximum atomic E-state index is 5.66. The van der Waals surface area contributed by atoms with E-state index in [1.807, 2.05) is 36.4 Å². The first-order chi connectivity index (χ1) is 10.3. The van der Waals surface area contributed by atoms with Crippen molar-refractivity contribution in [3.05, 3.63) is 59.7 Å². The summed E-state index contributed by atoms with van der Waals surface area (Å²) in [6.07, 6.45) is 0. The van der Waals surface area contributed by atoms with E-state index in [1.165, 1.54) is 5.56 Å². The molecule has 0 unspecified atom stereocenters. The van der Waals surface area contributed by atoms with Crippen LogP contribution >= 0.6 is 11.8 Å². The van der Waals surface area contributed by atoms with E-state index in [4.69, 9.17) is 5.73 Å². The molecule has 0 fully saturated rings. The van der Waals surface area contributed by atoms with Gasteiger partial charge in [-0.25, -0.2) is 0 Å². The number of aryl methyl sites for hydroxylation is 1. The minimum atomic E-state index is 0.549. The van der Waals surface area contributed by atoms with Crippen LogP contribution in [0.4, 0.5) is 0 Å². The highest BCUT2D eigenvalue weighted by Gasteiger charge is 2.11. The largest absolute Gasteiger partial charge is 0.326 e. The minimum absolute atomic E-state index is 0.549. The van der Waals surface area contributed by atoms with Crippen molar-refractivity contribution in [2.75, 3.05) is 0 Å². The number of hydrogen-bond acceptors (Lipinski definition) is 5. The Balaban J connectivity index is 1.92. The molecule has 0 bridgehead atoms. The van der Waals surface area contributed by atoms with Crippen LogP contribution in [0.15, 0.2) is 58.6 Å². The first kappa shape index (κ1) is 13.8. The van der Waals surface area contributed by atoms with Gasteiger partial charge in [0.25, 0.3) is 0 Å². The smallest absolute Gasteiger partial charge is 0.218 e. The zero-order valence-corrected chi connectivity index (χ0v) is 12.4. The average Bonchev–Trinajstić information content (AvgIpc) is 2.98. The molecule has 106 valence electrons. The second kappa shape index (κ2) is 6.07. The molecule has 6 heteroatoms. The van der Waals surface area contributed by atoms with Crippen LogP contribution in [0, 0.1) is 6.92 Å². The lowest BCUT2D eigenvalue weighted by Crippen LogP contribution is -1.99. The Bertz CT molecular complexity index is 739. The third-order valence-corrected chi connectivity index (χ3v) is 4.23. The Morgan fingerprint density at radius 1 is 1.14 bits per heavy atom. The standard InChI is InChI=1S/C15H15N5S/c1-11-9-12(10-16)7-8-14(11)21-15-17-18-19-20(15)13-5-3-2-4-6-13/h2-9H,10,16H2,1H3. The van der Waals surface area contributed by atoms with Gasteiger partial charge >= 0.3 is 0 Å². The molecule has 3 aromatic rings. The zero-order valence-electron chi connectivity index (χ0n) is 11.6. The number of para-hydroxylation sites is 1. The molecule has 0 saturated heterocycles. The summed E-state index contributed by atoms with van der Waals surface area (Å²) in [5, 5.41) is 12.7. The molecule has 0 amide bonds. The minimum Gasteiger partial charge on any atom is -0.326 e. The van der Waals surface area contributed by atoms with Gasteiger partial charge in [-0.3, -0.25) is 0 Å². The van der Waals surface area contributed by atoms with Crippen LogP contribution in [0.1, 0.15) is 11.1 Å². The second-order valence-corrected chi connectivity index (χ2v) is 5.62. The molecule has 0 radical (unpaired) electrons. The van der Waals surface area contributed by atoms with Crippen LogP contribution < -0.4 is 5.73 Å². The number of rotatable bonds is 4. The van der Waals surface area contributed by atoms with Crippen LogP contribution in [0.2, 0.25) is 0 Å². The first-order valence-corrected chi connectivity index (χ1v) is 7.41. The molecule has 21 heavy (non-hydrogen) atoms. The Morgan fingerprint density at radius 2 is 1.95 bits per heavy atom. The molecule has 1 heterocycles. The van der Waals surface area contributed by atoms with Crippen molar-refractivity contribution in [3.63, 3.8) is 0 Å². The summed E-state index contributed by atoms with van der Waals surface area (Å²) in [6.45, 7) is 2.62. The van der Waals surface area contributed by atoms with Gasteiger partial charge in [-0.2, -0.15) is 4.68 Å². The van der Waals surface area contributed by atoms with E-state index in [2.05, 4.69) is 34.6 Å². The van der Waals surface area contributed by atoms with Gasteiger partial charge in [-0.05, 0) is 58.4 Å². The Hall–Kier alpha value is -2.18. The highest BCUT2D eigenvalue weighted by atomic mass is 32.2. The highest BCUT2D eigenvalue weighted by molar-refractivity contribution is 7.99. The fourth-order valence-electron chi connectivity index (χ4n) is 2.03. The molecule has 2 aromatic carbocycles. The second-order valence-electron chi connectivity index (χ2n) is 4.61. The number of aromatic nitrogens is 4. The van der Waals surface area contributed by atoms with E-state index in [0.29, 0.717) is 6.54 Å². The SMILES string of the molecule is Cc1cc(CN)ccc1Sc1nnnn1-c1ccccc1. The number of hydrogen-bond donors (Lipinski definition) is 1. The summed E-state index contributed by atoms with van der Waals surface area (Å²) >= 11 is 1.55. The number of nitrogens with zero attached hydrogens (tertiary/aromatic N) is 4. The zero-order chi connectivity index (χ0) is 14.7. The van der Waals surface area contributed by atoms with Crippen molar-refractivity contribution in [1.29, 1.82) is 0 Å². The van der Waals surface area contributed by atoms with Crippen molar-refractivity contribution >= 4 is 11.8 Å². The molecule has 0 aliphatic rings. The van der Waals surface area contributed by atoms with Gasteiger partial charge in [0.2, 0.25) is 5.16 Å². The van der Waals surface area contributed by atoms with E-state index < -0.39 is 0 Å². The average molecular weight is 297 g/mol. The summed E-state index contributed by atoms with van der Waals surface area (Å²) in [5.41, 5.74) is 8.90. The van der Waals surface area contributed by atoms with Crippen LogP contribution in [0.3, 0.4) is 0 Å². The van der Waals surface area contributed by atoms with Crippen LogP contribution in [0.5, 0.6) is 0 Å². The lowest BCUT2D eigenvalue weighted by atomic mass is 10.1. The summed E-state index contributed by atoms with van der Waals surface area (Å²) in [6, 6.07) is 16.0. The fourth-order valence-corrected chi connectivity index (χ4v) is 2.88. The van der Waals surface area contributed by atoms with Gasteiger partial charge in [0.15, 0.2) is 0 Å². The third-order valence-electron chi connectivity index (χ3n) is 3.12. The molecular formula is C15H15N5S. The van der Waals surface area contributed by atoms with Gasteiger partial charge in [-0.1, -0.05) is 30.3 Å². The molecular weight excluding hydrogens is 282 g/mol. The van der Waals surface area contributed by atoms with Gasteiger partial charge in [-0.15, -0.1) is 5.10 Å². The van der Waals surface area contributed by atoms with Crippen LogP contribution in [-0.4, -0.2) is 20.2 Å². The maximum Gasteiger partial charge on any atom is 0.218 e. The molecule has 3 rings (SSSR count). The first-order valence-electron chi connectivity index (χ1n) is 6.59. The normalized spacial score (nSPS) is 10.8. The summed E-state index contributed by atoms with van der Waals surface area (Å²) in [4.78, 5) is 1.12. The maximum absolute atomic E-state index is 5.66. The predicted molar refractivity (Wildman–Crippen MR) is 82.3 cm³/mol. The topological polar surface area (TPSA) is 69.6 Å². The molecule has 1 aromatic heterocycles. The molecule has 0 aliphatic carbocycles. The lowest BCUT2D eigenvalue weighted by molar-refractivity contribution is 0.756. The van der Waals surface area contributed by atoms with Gasteiger partial charge in [0.05, 0.1) is 5.69 Å². The summed E-state index contributed by atoms with van der Waals surface area (Å²) < 4.78 is 1.74. The third kappa shape index (κ3) is 2.96. The van der Waals surface area contributed by atoms with Crippen LogP contribution in [-0.2, 0) is 6.54 Å². The summed E-state index contributed by atoms with van der Waals surface area (Å²) in [7, 11) is 0. The fraction of sp³-hybridized carbons (Fsp3) is 0.133. The highest BCUT2D eigenvalue weighted by Crippen LogP contribution is 2.30. The van der Waals surface area contributed by atoms with Gasteiger partial charge in [0, 0.05) is 11.4 Å². The van der Waals surface area contributed by atoms with E-state index in [0.717, 1.165) is 21.3 Å². The van der Waals surface area contributed by atoms with Crippen molar-refractivity contribution < 1.29 is 0 Å². The van der Waals surface area contributed by atoms with Crippen LogP contribution in [0.25, 0.3) is 5.69 Å². The van der Waals surface area contributed by atoms with Gasteiger partial charge < -0.3 is 5.73 Å². The van der Waals surface area contributed by atoms with E-state index >= 15 is 0 Å². The van der Waals surface area contributed by atoms with Crippen molar-refractivity contribution in [3.8, 4) is 5.69 Å². The van der Waals surface area contributed by atoms with Crippen molar-refractivity contribution in [1.82, 2.24) is 20.2 Å². The molecule has 0 saturated carbocycles. The number of tetrazole rings is 1. The monoisotopic (exact) mass is 297 g/mol. The molecule has 0 atom stereocenters. The Morgan fingerprint density at radius 3 is 2.67 bits per heavy atom. The van der Waals surface area contributed by atoms with E-state index in [9.17, 15) is 0 Å². The van der Waals surface area contributed by atoms with Crippen molar-refractivity contribution in [2.45, 2.75) is 23.5 Å². The predicted octanol–water partition coefficient (Wildman–Crippen LogP) is 2.58. The number of benzene rings is 2. The lowest BCUT2D eigenvalue weighted by Gasteiger charge is -2.07. The van der Waals surface area contributed by atoms with E-state index in [1.54, 1.807) is 16.4 Å². The summed E-state index contributed by atoms with van der Waals surface area (Å²) in [5.74, 6) is 0. The Labute approximate surface area is 127 Å². The molecule has 0 aliphatic heterocycles. The molecule has 5 nitrogen and oxygen atoms in total. The van der Waals surface area contributed by atoms with Gasteiger partial charge in [0.1, 0.15) is 0 Å². The van der Waals surface area contributed by atoms with Crippen molar-refractivity contribution in [2.24, 2.45) is 5.73 Å². The van der Waals surface area contributed by atoms with E-state index in [-0.39, 0.29) is 0 Å². The molecule has 2 N–H and O–H groups in total. The molecule has 0 spiro atoms.